The standard InChI is InChI=1S/C17H17ClN2O4/c1-17(2,3)24-16(23)20(15(21)22)13-10-9-12(19-14(13)18)11-7-5-4-6-8-11/h4-10H,1-3H3,(H,21,22). The smallest absolute Gasteiger partial charge is 0.424 e. The van der Waals surface area contributed by atoms with Crippen LogP contribution in [-0.2, 0) is 4.74 Å². The summed E-state index contributed by atoms with van der Waals surface area (Å²) in [6.45, 7) is 4.93. The highest BCUT2D eigenvalue weighted by Gasteiger charge is 2.30. The fourth-order valence-electron chi connectivity index (χ4n) is 1.95. The number of nitrogens with zero attached hydrogens (tertiary/aromatic N) is 2. The van der Waals surface area contributed by atoms with Gasteiger partial charge in [-0.2, -0.15) is 4.90 Å². The molecule has 126 valence electrons. The topological polar surface area (TPSA) is 79.7 Å². The average molecular weight is 349 g/mol. The lowest BCUT2D eigenvalue weighted by molar-refractivity contribution is 0.0582. The molecule has 0 aliphatic heterocycles. The molecule has 1 heterocycles. The number of rotatable bonds is 2. The van der Waals surface area contributed by atoms with Gasteiger partial charge in [0.15, 0.2) is 5.15 Å². The van der Waals surface area contributed by atoms with Gasteiger partial charge in [-0.1, -0.05) is 41.9 Å². The number of halogens is 1. The number of hydrogen-bond acceptors (Lipinski definition) is 4. The van der Waals surface area contributed by atoms with Crippen molar-refractivity contribution in [2.24, 2.45) is 0 Å². The number of ether oxygens (including phenoxy) is 1. The fourth-order valence-corrected chi connectivity index (χ4v) is 2.19. The SMILES string of the molecule is CC(C)(C)OC(=O)N(C(=O)O)c1ccc(-c2ccccc2)nc1Cl. The monoisotopic (exact) mass is 348 g/mol. The summed E-state index contributed by atoms with van der Waals surface area (Å²) in [6, 6.07) is 12.3. The van der Waals surface area contributed by atoms with Crippen molar-refractivity contribution >= 4 is 29.5 Å². The summed E-state index contributed by atoms with van der Waals surface area (Å²) in [7, 11) is 0. The summed E-state index contributed by atoms with van der Waals surface area (Å²) in [6.07, 6.45) is -2.54. The molecule has 0 bridgehead atoms. The molecule has 6 nitrogen and oxygen atoms in total. The van der Waals surface area contributed by atoms with Gasteiger partial charge in [-0.25, -0.2) is 14.6 Å². The van der Waals surface area contributed by atoms with E-state index in [0.717, 1.165) is 5.56 Å². The molecule has 0 atom stereocenters. The van der Waals surface area contributed by atoms with Crippen molar-refractivity contribution in [3.63, 3.8) is 0 Å². The van der Waals surface area contributed by atoms with Crippen LogP contribution in [0.15, 0.2) is 42.5 Å². The van der Waals surface area contributed by atoms with Crippen LogP contribution in [0.4, 0.5) is 15.3 Å². The fraction of sp³-hybridized carbons (Fsp3) is 0.235. The molecule has 0 aliphatic carbocycles. The number of imide groups is 1. The minimum atomic E-state index is -1.50. The number of carbonyl (C=O) groups excluding carboxylic acids is 1. The van der Waals surface area contributed by atoms with Crippen molar-refractivity contribution in [1.82, 2.24) is 4.98 Å². The van der Waals surface area contributed by atoms with Gasteiger partial charge in [0, 0.05) is 5.56 Å². The maximum Gasteiger partial charge on any atom is 0.424 e. The van der Waals surface area contributed by atoms with Gasteiger partial charge in [0.1, 0.15) is 5.60 Å². The minimum absolute atomic E-state index is 0.0573. The summed E-state index contributed by atoms with van der Waals surface area (Å²) >= 11 is 6.11. The van der Waals surface area contributed by atoms with E-state index in [0.29, 0.717) is 10.6 Å². The van der Waals surface area contributed by atoms with Crippen LogP contribution < -0.4 is 4.90 Å². The lowest BCUT2D eigenvalue weighted by atomic mass is 10.1. The van der Waals surface area contributed by atoms with E-state index in [4.69, 9.17) is 16.3 Å². The van der Waals surface area contributed by atoms with E-state index in [1.807, 2.05) is 30.3 Å². The number of anilines is 1. The Morgan fingerprint density at radius 3 is 2.25 bits per heavy atom. The predicted octanol–water partition coefficient (Wildman–Crippen LogP) is 4.82. The van der Waals surface area contributed by atoms with Crippen LogP contribution in [0.25, 0.3) is 11.3 Å². The highest BCUT2D eigenvalue weighted by Crippen LogP contribution is 2.29. The lowest BCUT2D eigenvalue weighted by Gasteiger charge is -2.24. The molecule has 1 aromatic carbocycles. The molecule has 0 unspecified atom stereocenters. The molecular formula is C17H17ClN2O4. The normalized spacial score (nSPS) is 11.0. The van der Waals surface area contributed by atoms with Crippen LogP contribution >= 0.6 is 11.6 Å². The van der Waals surface area contributed by atoms with Crippen LogP contribution in [-0.4, -0.2) is 27.9 Å². The third kappa shape index (κ3) is 4.23. The second-order valence-corrected chi connectivity index (χ2v) is 6.33. The first-order chi connectivity index (χ1) is 11.2. The molecule has 0 spiro atoms. The van der Waals surface area contributed by atoms with E-state index in [2.05, 4.69) is 4.98 Å². The lowest BCUT2D eigenvalue weighted by Crippen LogP contribution is -2.40. The zero-order valence-corrected chi connectivity index (χ0v) is 14.2. The number of carboxylic acid groups (broad SMARTS) is 1. The number of aromatic nitrogens is 1. The Hall–Kier alpha value is -2.60. The van der Waals surface area contributed by atoms with Crippen LogP contribution in [0.1, 0.15) is 20.8 Å². The maximum atomic E-state index is 12.1. The first kappa shape index (κ1) is 17.7. The number of amides is 2. The molecule has 0 fully saturated rings. The molecule has 2 amide bonds. The van der Waals surface area contributed by atoms with E-state index in [1.165, 1.54) is 6.07 Å². The maximum absolute atomic E-state index is 12.1. The molecule has 0 saturated carbocycles. The van der Waals surface area contributed by atoms with Crippen molar-refractivity contribution < 1.29 is 19.4 Å². The number of carbonyl (C=O) groups is 2. The Labute approximate surface area is 144 Å². The Morgan fingerprint density at radius 1 is 1.12 bits per heavy atom. The van der Waals surface area contributed by atoms with E-state index < -0.39 is 17.8 Å². The Kier molecular flexibility index (Phi) is 5.09. The molecular weight excluding hydrogens is 332 g/mol. The quantitative estimate of drug-likeness (QED) is 0.787. The predicted molar refractivity (Wildman–Crippen MR) is 91.4 cm³/mol. The molecule has 1 aromatic heterocycles. The van der Waals surface area contributed by atoms with Gasteiger partial charge in [0.25, 0.3) is 0 Å². The Morgan fingerprint density at radius 2 is 1.75 bits per heavy atom. The molecule has 7 heteroatoms. The van der Waals surface area contributed by atoms with Crippen LogP contribution in [0.2, 0.25) is 5.15 Å². The van der Waals surface area contributed by atoms with Gasteiger partial charge >= 0.3 is 12.2 Å². The summed E-state index contributed by atoms with van der Waals surface area (Å²) in [5, 5.41) is 9.24. The van der Waals surface area contributed by atoms with Gasteiger partial charge in [-0.15, -0.1) is 0 Å². The first-order valence-corrected chi connectivity index (χ1v) is 7.55. The first-order valence-electron chi connectivity index (χ1n) is 7.17. The van der Waals surface area contributed by atoms with Gasteiger partial charge in [-0.3, -0.25) is 0 Å². The van der Waals surface area contributed by atoms with Crippen molar-refractivity contribution in [2.45, 2.75) is 26.4 Å². The van der Waals surface area contributed by atoms with Crippen LogP contribution in [0.5, 0.6) is 0 Å². The molecule has 24 heavy (non-hydrogen) atoms. The third-order valence-electron chi connectivity index (χ3n) is 2.91. The second kappa shape index (κ2) is 6.88. The van der Waals surface area contributed by atoms with E-state index in [1.54, 1.807) is 26.8 Å². The van der Waals surface area contributed by atoms with E-state index >= 15 is 0 Å². The highest BCUT2D eigenvalue weighted by molar-refractivity contribution is 6.33. The summed E-state index contributed by atoms with van der Waals surface area (Å²) < 4.78 is 5.11. The van der Waals surface area contributed by atoms with Crippen LogP contribution in [0, 0.1) is 0 Å². The highest BCUT2D eigenvalue weighted by atomic mass is 35.5. The Balaban J connectivity index is 2.38. The minimum Gasteiger partial charge on any atom is -0.464 e. The number of hydrogen-bond donors (Lipinski definition) is 1. The molecule has 2 rings (SSSR count). The third-order valence-corrected chi connectivity index (χ3v) is 3.18. The zero-order chi connectivity index (χ0) is 17.9. The largest absolute Gasteiger partial charge is 0.464 e. The van der Waals surface area contributed by atoms with Gasteiger partial charge < -0.3 is 9.84 Å². The zero-order valence-electron chi connectivity index (χ0n) is 13.5. The molecule has 1 N–H and O–H groups in total. The summed E-state index contributed by atoms with van der Waals surface area (Å²) in [5.74, 6) is 0. The van der Waals surface area contributed by atoms with E-state index in [-0.39, 0.29) is 10.8 Å². The number of benzene rings is 1. The molecule has 0 saturated heterocycles. The van der Waals surface area contributed by atoms with E-state index in [9.17, 15) is 14.7 Å². The Bertz CT molecular complexity index is 757. The summed E-state index contributed by atoms with van der Waals surface area (Å²) in [5.41, 5.74) is 0.497. The van der Waals surface area contributed by atoms with Gasteiger partial charge in [0.05, 0.1) is 11.4 Å². The average Bonchev–Trinajstić information content (AvgIpc) is 2.48. The molecule has 0 aliphatic rings. The van der Waals surface area contributed by atoms with Crippen molar-refractivity contribution in [1.29, 1.82) is 0 Å². The van der Waals surface area contributed by atoms with Gasteiger partial charge in [0.2, 0.25) is 0 Å². The van der Waals surface area contributed by atoms with Gasteiger partial charge in [-0.05, 0) is 32.9 Å². The number of pyridine rings is 1. The summed E-state index contributed by atoms with van der Waals surface area (Å²) in [4.78, 5) is 28.2. The van der Waals surface area contributed by atoms with Crippen LogP contribution in [0.3, 0.4) is 0 Å². The van der Waals surface area contributed by atoms with Crippen molar-refractivity contribution in [3.05, 3.63) is 47.6 Å². The molecule has 0 radical (unpaired) electrons. The second-order valence-electron chi connectivity index (χ2n) is 5.97. The molecule has 2 aromatic rings. The van der Waals surface area contributed by atoms with Crippen molar-refractivity contribution in [2.75, 3.05) is 4.90 Å². The van der Waals surface area contributed by atoms with Crippen molar-refractivity contribution in [3.8, 4) is 11.3 Å².